The third-order valence-electron chi connectivity index (χ3n) is 2.36. The summed E-state index contributed by atoms with van der Waals surface area (Å²) < 4.78 is 5.33. The zero-order valence-electron chi connectivity index (χ0n) is 10.3. The molecule has 100 valence electrons. The minimum Gasteiger partial charge on any atom is -0.484 e. The monoisotopic (exact) mass is 289 g/mol. The van der Waals surface area contributed by atoms with E-state index in [4.69, 9.17) is 27.9 Å². The molecule has 0 radical (unpaired) electrons. The van der Waals surface area contributed by atoms with Crippen LogP contribution in [0.2, 0.25) is 5.02 Å². The molecule has 3 nitrogen and oxygen atoms in total. The average molecular weight is 290 g/mol. The molecule has 1 atom stereocenters. The van der Waals surface area contributed by atoms with Gasteiger partial charge in [0.1, 0.15) is 5.75 Å². The van der Waals surface area contributed by atoms with Gasteiger partial charge in [0.05, 0.1) is 0 Å². The number of hydrogen-bond acceptors (Lipinski definition) is 2. The van der Waals surface area contributed by atoms with E-state index in [1.807, 2.05) is 6.92 Å². The summed E-state index contributed by atoms with van der Waals surface area (Å²) in [6, 6.07) is 7.01. The first-order valence-corrected chi connectivity index (χ1v) is 6.76. The second-order valence-electron chi connectivity index (χ2n) is 4.04. The number of halogens is 2. The lowest BCUT2D eigenvalue weighted by Gasteiger charge is -2.13. The molecule has 0 fully saturated rings. The van der Waals surface area contributed by atoms with E-state index in [2.05, 4.69) is 5.32 Å². The lowest BCUT2D eigenvalue weighted by atomic mass is 10.2. The van der Waals surface area contributed by atoms with Crippen molar-refractivity contribution < 1.29 is 9.53 Å². The van der Waals surface area contributed by atoms with Crippen LogP contribution < -0.4 is 10.1 Å². The molecule has 0 bridgehead atoms. The van der Waals surface area contributed by atoms with Gasteiger partial charge in [-0.3, -0.25) is 4.79 Å². The van der Waals surface area contributed by atoms with Crippen molar-refractivity contribution >= 4 is 29.1 Å². The van der Waals surface area contributed by atoms with E-state index in [0.29, 0.717) is 16.7 Å². The molecular weight excluding hydrogens is 273 g/mol. The van der Waals surface area contributed by atoms with E-state index in [9.17, 15) is 4.79 Å². The first kappa shape index (κ1) is 15.1. The topological polar surface area (TPSA) is 38.3 Å². The summed E-state index contributed by atoms with van der Waals surface area (Å²) in [6.45, 7) is 1.96. The van der Waals surface area contributed by atoms with Crippen molar-refractivity contribution in [3.8, 4) is 5.75 Å². The number of benzene rings is 1. The Morgan fingerprint density at radius 3 is 2.67 bits per heavy atom. The molecule has 0 spiro atoms. The summed E-state index contributed by atoms with van der Waals surface area (Å²) in [7, 11) is 0. The Morgan fingerprint density at radius 2 is 2.06 bits per heavy atom. The highest BCUT2D eigenvalue weighted by Gasteiger charge is 2.07. The van der Waals surface area contributed by atoms with Crippen molar-refractivity contribution in [2.24, 2.45) is 0 Å². The van der Waals surface area contributed by atoms with Crippen molar-refractivity contribution in [1.29, 1.82) is 0 Å². The zero-order chi connectivity index (χ0) is 13.4. The Kier molecular flexibility index (Phi) is 6.91. The number of carbonyl (C=O) groups excluding carboxylic acids is 1. The van der Waals surface area contributed by atoms with Crippen LogP contribution in [0.15, 0.2) is 24.3 Å². The van der Waals surface area contributed by atoms with Crippen molar-refractivity contribution in [1.82, 2.24) is 5.32 Å². The molecule has 5 heteroatoms. The predicted molar refractivity (Wildman–Crippen MR) is 74.5 cm³/mol. The fraction of sp³-hybridized carbons (Fsp3) is 0.462. The molecule has 0 aliphatic carbocycles. The molecule has 1 unspecified atom stereocenters. The predicted octanol–water partition coefficient (Wildman–Crippen LogP) is 3.24. The lowest BCUT2D eigenvalue weighted by Crippen LogP contribution is -2.36. The molecule has 1 amide bonds. The van der Waals surface area contributed by atoms with Crippen LogP contribution in [-0.2, 0) is 4.79 Å². The van der Waals surface area contributed by atoms with Crippen LogP contribution in [0.5, 0.6) is 5.75 Å². The smallest absolute Gasteiger partial charge is 0.258 e. The first-order chi connectivity index (χ1) is 8.61. The van der Waals surface area contributed by atoms with Crippen LogP contribution in [0.3, 0.4) is 0 Å². The van der Waals surface area contributed by atoms with Gasteiger partial charge < -0.3 is 10.1 Å². The van der Waals surface area contributed by atoms with Gasteiger partial charge in [-0.2, -0.15) is 0 Å². The van der Waals surface area contributed by atoms with E-state index in [1.165, 1.54) is 0 Å². The fourth-order valence-electron chi connectivity index (χ4n) is 1.45. The van der Waals surface area contributed by atoms with Crippen molar-refractivity contribution in [3.63, 3.8) is 0 Å². The van der Waals surface area contributed by atoms with E-state index in [1.54, 1.807) is 24.3 Å². The van der Waals surface area contributed by atoms with E-state index in [-0.39, 0.29) is 18.6 Å². The van der Waals surface area contributed by atoms with Gasteiger partial charge in [0.15, 0.2) is 6.61 Å². The Balaban J connectivity index is 2.26. The van der Waals surface area contributed by atoms with Gasteiger partial charge in [-0.1, -0.05) is 11.6 Å². The summed E-state index contributed by atoms with van der Waals surface area (Å²) >= 11 is 11.3. The van der Waals surface area contributed by atoms with E-state index >= 15 is 0 Å². The molecule has 0 saturated heterocycles. The highest BCUT2D eigenvalue weighted by Crippen LogP contribution is 2.15. The molecular formula is C13H17Cl2NO2. The molecule has 1 aromatic carbocycles. The molecule has 1 N–H and O–H groups in total. The molecule has 0 saturated carbocycles. The third kappa shape index (κ3) is 6.12. The summed E-state index contributed by atoms with van der Waals surface area (Å²) in [4.78, 5) is 11.6. The number of nitrogens with one attached hydrogen (secondary N) is 1. The van der Waals surface area contributed by atoms with E-state index in [0.717, 1.165) is 12.8 Å². The van der Waals surface area contributed by atoms with Crippen LogP contribution >= 0.6 is 23.2 Å². The Morgan fingerprint density at radius 1 is 1.39 bits per heavy atom. The SMILES string of the molecule is CC(CCCCl)NC(=O)COc1ccc(Cl)cc1. The Bertz CT molecular complexity index is 368. The number of hydrogen-bond donors (Lipinski definition) is 1. The van der Waals surface area contributed by atoms with Crippen LogP contribution in [0.1, 0.15) is 19.8 Å². The molecule has 1 rings (SSSR count). The minimum absolute atomic E-state index is 0.00679. The third-order valence-corrected chi connectivity index (χ3v) is 2.88. The van der Waals surface area contributed by atoms with Gasteiger partial charge in [-0.25, -0.2) is 0 Å². The van der Waals surface area contributed by atoms with Crippen LogP contribution in [-0.4, -0.2) is 24.4 Å². The van der Waals surface area contributed by atoms with Gasteiger partial charge in [0.2, 0.25) is 0 Å². The zero-order valence-corrected chi connectivity index (χ0v) is 11.8. The van der Waals surface area contributed by atoms with Crippen LogP contribution in [0.4, 0.5) is 0 Å². The Hall–Kier alpha value is -0.930. The largest absolute Gasteiger partial charge is 0.484 e. The average Bonchev–Trinajstić information content (AvgIpc) is 2.35. The summed E-state index contributed by atoms with van der Waals surface area (Å²) in [6.07, 6.45) is 1.76. The second kappa shape index (κ2) is 8.22. The minimum atomic E-state index is -0.132. The first-order valence-electron chi connectivity index (χ1n) is 5.85. The van der Waals surface area contributed by atoms with E-state index < -0.39 is 0 Å². The standard InChI is InChI=1S/C13H17Cl2NO2/c1-10(3-2-8-14)16-13(17)9-18-12-6-4-11(15)5-7-12/h4-7,10H,2-3,8-9H2,1H3,(H,16,17). The van der Waals surface area contributed by atoms with Crippen molar-refractivity contribution in [3.05, 3.63) is 29.3 Å². The fourth-order valence-corrected chi connectivity index (χ4v) is 1.73. The van der Waals surface area contributed by atoms with Crippen LogP contribution in [0.25, 0.3) is 0 Å². The van der Waals surface area contributed by atoms with Gasteiger partial charge >= 0.3 is 0 Å². The lowest BCUT2D eigenvalue weighted by molar-refractivity contribution is -0.123. The number of amides is 1. The number of alkyl halides is 1. The maximum absolute atomic E-state index is 11.6. The number of ether oxygens (including phenoxy) is 1. The number of rotatable bonds is 7. The summed E-state index contributed by atoms with van der Waals surface area (Å²) in [5, 5.41) is 3.49. The van der Waals surface area contributed by atoms with Crippen molar-refractivity contribution in [2.45, 2.75) is 25.8 Å². The van der Waals surface area contributed by atoms with Gasteiger partial charge in [0.25, 0.3) is 5.91 Å². The summed E-state index contributed by atoms with van der Waals surface area (Å²) in [5.74, 6) is 1.11. The van der Waals surface area contributed by atoms with Gasteiger partial charge in [0, 0.05) is 16.9 Å². The second-order valence-corrected chi connectivity index (χ2v) is 4.86. The maximum Gasteiger partial charge on any atom is 0.258 e. The maximum atomic E-state index is 11.6. The number of carbonyl (C=O) groups is 1. The quantitative estimate of drug-likeness (QED) is 0.783. The highest BCUT2D eigenvalue weighted by molar-refractivity contribution is 6.30. The molecule has 0 aromatic heterocycles. The highest BCUT2D eigenvalue weighted by atomic mass is 35.5. The van der Waals surface area contributed by atoms with Crippen molar-refractivity contribution in [2.75, 3.05) is 12.5 Å². The molecule has 18 heavy (non-hydrogen) atoms. The van der Waals surface area contributed by atoms with Gasteiger partial charge in [-0.05, 0) is 44.0 Å². The summed E-state index contributed by atoms with van der Waals surface area (Å²) in [5.41, 5.74) is 0. The van der Waals surface area contributed by atoms with Crippen LogP contribution in [0, 0.1) is 0 Å². The molecule has 0 heterocycles. The normalized spacial score (nSPS) is 11.9. The molecule has 1 aromatic rings. The molecule has 0 aliphatic heterocycles. The Labute approximate surface area is 117 Å². The van der Waals surface area contributed by atoms with Gasteiger partial charge in [-0.15, -0.1) is 11.6 Å². The molecule has 0 aliphatic rings.